The van der Waals surface area contributed by atoms with Crippen molar-refractivity contribution in [2.24, 2.45) is 34.5 Å². The van der Waals surface area contributed by atoms with Crippen LogP contribution in [0.25, 0.3) is 0 Å². The predicted octanol–water partition coefficient (Wildman–Crippen LogP) is 3.16. The lowest BCUT2D eigenvalue weighted by molar-refractivity contribution is -0.146. The third-order valence-electron chi connectivity index (χ3n) is 8.80. The average Bonchev–Trinajstić information content (AvgIpc) is 2.82. The standard InChI is InChI=1S/C20H33NO2/c1-19-9-8-15-13(14(19)6-7-18(19)23)5-4-12-10-16(21-3)17(22)11-20(12,15)2/h12-17,21-22H,4-11H2,1-3H3/t12?,13-,14-,15+,16?,17?,19-,20-/m0/s1. The normalized spacial score (nSPS) is 55.9. The number of hydrogen-bond acceptors (Lipinski definition) is 3. The van der Waals surface area contributed by atoms with Crippen molar-refractivity contribution >= 4 is 5.78 Å². The number of carbonyl (C=O) groups is 1. The molecule has 8 atom stereocenters. The van der Waals surface area contributed by atoms with Gasteiger partial charge in [-0.15, -0.1) is 0 Å². The van der Waals surface area contributed by atoms with Crippen molar-refractivity contribution in [2.75, 3.05) is 7.05 Å². The number of likely N-dealkylation sites (N-methyl/N-ethyl adjacent to an activating group) is 1. The van der Waals surface area contributed by atoms with Crippen LogP contribution in [0.1, 0.15) is 65.2 Å². The Kier molecular flexibility index (Phi) is 3.70. The topological polar surface area (TPSA) is 49.3 Å². The molecule has 0 bridgehead atoms. The smallest absolute Gasteiger partial charge is 0.139 e. The lowest BCUT2D eigenvalue weighted by Gasteiger charge is -2.61. The fourth-order valence-corrected chi connectivity index (χ4v) is 7.38. The Morgan fingerprint density at radius 2 is 1.91 bits per heavy atom. The summed E-state index contributed by atoms with van der Waals surface area (Å²) >= 11 is 0. The molecule has 0 aliphatic heterocycles. The van der Waals surface area contributed by atoms with Gasteiger partial charge >= 0.3 is 0 Å². The number of fused-ring (bicyclic) bond motifs is 5. The lowest BCUT2D eigenvalue weighted by atomic mass is 9.45. The van der Waals surface area contributed by atoms with Crippen LogP contribution < -0.4 is 5.32 Å². The largest absolute Gasteiger partial charge is 0.391 e. The zero-order chi connectivity index (χ0) is 16.4. The Morgan fingerprint density at radius 1 is 1.13 bits per heavy atom. The monoisotopic (exact) mass is 319 g/mol. The average molecular weight is 319 g/mol. The number of aliphatic hydroxyl groups excluding tert-OH is 1. The van der Waals surface area contributed by atoms with Crippen molar-refractivity contribution in [3.05, 3.63) is 0 Å². The highest BCUT2D eigenvalue weighted by Gasteiger charge is 2.60. The van der Waals surface area contributed by atoms with E-state index in [0.717, 1.165) is 49.9 Å². The molecule has 4 aliphatic rings. The number of hydrogen-bond donors (Lipinski definition) is 2. The van der Waals surface area contributed by atoms with E-state index in [0.29, 0.717) is 11.7 Å². The fourth-order valence-electron chi connectivity index (χ4n) is 7.38. The summed E-state index contributed by atoms with van der Waals surface area (Å²) in [7, 11) is 1.98. The van der Waals surface area contributed by atoms with Crippen molar-refractivity contribution < 1.29 is 9.90 Å². The molecule has 23 heavy (non-hydrogen) atoms. The molecule has 130 valence electrons. The van der Waals surface area contributed by atoms with Gasteiger partial charge < -0.3 is 10.4 Å². The van der Waals surface area contributed by atoms with Crippen molar-refractivity contribution in [3.63, 3.8) is 0 Å². The fraction of sp³-hybridized carbons (Fsp3) is 0.950. The first-order chi connectivity index (χ1) is 10.9. The summed E-state index contributed by atoms with van der Waals surface area (Å²) in [5.41, 5.74) is 0.258. The van der Waals surface area contributed by atoms with Gasteiger partial charge in [-0.1, -0.05) is 13.8 Å². The Hall–Kier alpha value is -0.410. The molecule has 4 rings (SSSR count). The van der Waals surface area contributed by atoms with E-state index in [2.05, 4.69) is 19.2 Å². The summed E-state index contributed by atoms with van der Waals surface area (Å²) in [5.74, 6) is 3.33. The third kappa shape index (κ3) is 2.12. The first-order valence-electron chi connectivity index (χ1n) is 9.79. The van der Waals surface area contributed by atoms with Crippen LogP contribution in [0.4, 0.5) is 0 Å². The number of aliphatic hydroxyl groups is 1. The second-order valence-corrected chi connectivity index (χ2v) is 9.48. The van der Waals surface area contributed by atoms with Crippen molar-refractivity contribution in [2.45, 2.75) is 77.4 Å². The van der Waals surface area contributed by atoms with Crippen molar-refractivity contribution in [1.29, 1.82) is 0 Å². The molecular weight excluding hydrogens is 286 g/mol. The minimum atomic E-state index is -0.210. The van der Waals surface area contributed by atoms with Crippen LogP contribution in [0.2, 0.25) is 0 Å². The molecule has 4 saturated carbocycles. The van der Waals surface area contributed by atoms with Gasteiger partial charge in [0.2, 0.25) is 0 Å². The van der Waals surface area contributed by atoms with Gasteiger partial charge in [-0.3, -0.25) is 4.79 Å². The van der Waals surface area contributed by atoms with E-state index in [-0.39, 0.29) is 23.0 Å². The van der Waals surface area contributed by atoms with Gasteiger partial charge in [-0.05, 0) is 81.1 Å². The molecule has 0 spiro atoms. The predicted molar refractivity (Wildman–Crippen MR) is 91.0 cm³/mol. The molecule has 0 amide bonds. The van der Waals surface area contributed by atoms with Crippen LogP contribution in [0.5, 0.6) is 0 Å². The molecule has 0 aromatic heterocycles. The van der Waals surface area contributed by atoms with Gasteiger partial charge in [0, 0.05) is 17.9 Å². The van der Waals surface area contributed by atoms with Crippen LogP contribution >= 0.6 is 0 Å². The number of ketones is 1. The first-order valence-corrected chi connectivity index (χ1v) is 9.79. The summed E-state index contributed by atoms with van der Waals surface area (Å²) in [4.78, 5) is 12.5. The van der Waals surface area contributed by atoms with E-state index >= 15 is 0 Å². The van der Waals surface area contributed by atoms with Gasteiger partial charge in [0.15, 0.2) is 0 Å². The van der Waals surface area contributed by atoms with Gasteiger partial charge in [-0.2, -0.15) is 0 Å². The molecule has 4 fully saturated rings. The molecule has 0 aromatic carbocycles. The van der Waals surface area contributed by atoms with E-state index in [9.17, 15) is 9.90 Å². The summed E-state index contributed by atoms with van der Waals surface area (Å²) < 4.78 is 0. The van der Waals surface area contributed by atoms with Crippen LogP contribution in [-0.4, -0.2) is 30.1 Å². The van der Waals surface area contributed by atoms with E-state index in [1.807, 2.05) is 7.05 Å². The zero-order valence-corrected chi connectivity index (χ0v) is 15.0. The van der Waals surface area contributed by atoms with Crippen molar-refractivity contribution in [3.8, 4) is 0 Å². The quantitative estimate of drug-likeness (QED) is 0.780. The van der Waals surface area contributed by atoms with Gasteiger partial charge in [-0.25, -0.2) is 0 Å². The van der Waals surface area contributed by atoms with Gasteiger partial charge in [0.1, 0.15) is 5.78 Å². The molecule has 3 heteroatoms. The summed E-state index contributed by atoms with van der Waals surface area (Å²) in [6, 6.07) is 0.270. The molecule has 4 aliphatic carbocycles. The molecule has 0 heterocycles. The molecule has 3 nitrogen and oxygen atoms in total. The van der Waals surface area contributed by atoms with Crippen LogP contribution in [0, 0.1) is 34.5 Å². The summed E-state index contributed by atoms with van der Waals surface area (Å²) in [6.07, 6.45) is 8.69. The van der Waals surface area contributed by atoms with Crippen molar-refractivity contribution in [1.82, 2.24) is 5.32 Å². The lowest BCUT2D eigenvalue weighted by Crippen LogP contribution is -2.58. The minimum absolute atomic E-state index is 0.0227. The molecule has 0 saturated heterocycles. The van der Waals surface area contributed by atoms with E-state index in [4.69, 9.17) is 0 Å². The van der Waals surface area contributed by atoms with Gasteiger partial charge in [0.05, 0.1) is 6.10 Å². The number of carbonyl (C=O) groups excluding carboxylic acids is 1. The molecule has 2 N–H and O–H groups in total. The van der Waals surface area contributed by atoms with Gasteiger partial charge in [0.25, 0.3) is 0 Å². The SMILES string of the molecule is CNC1CC2CC[C@@H]3[C@@H](CC[C@]4(C)C(=O)CC[C@@H]34)[C@@]2(C)CC1O. The Balaban J connectivity index is 1.62. The maximum Gasteiger partial charge on any atom is 0.139 e. The second-order valence-electron chi connectivity index (χ2n) is 9.48. The van der Waals surface area contributed by atoms with E-state index in [1.165, 1.54) is 19.3 Å². The second kappa shape index (κ2) is 5.29. The first kappa shape index (κ1) is 16.1. The summed E-state index contributed by atoms with van der Waals surface area (Å²) in [6.45, 7) is 4.72. The zero-order valence-electron chi connectivity index (χ0n) is 15.0. The molecule has 0 aromatic rings. The third-order valence-corrected chi connectivity index (χ3v) is 8.80. The van der Waals surface area contributed by atoms with Crippen LogP contribution in [0.15, 0.2) is 0 Å². The van der Waals surface area contributed by atoms with Crippen LogP contribution in [0.3, 0.4) is 0 Å². The number of rotatable bonds is 1. The molecular formula is C20H33NO2. The molecule has 3 unspecified atom stereocenters. The highest BCUT2D eigenvalue weighted by molar-refractivity contribution is 5.87. The Morgan fingerprint density at radius 3 is 2.65 bits per heavy atom. The minimum Gasteiger partial charge on any atom is -0.391 e. The summed E-state index contributed by atoms with van der Waals surface area (Å²) in [5, 5.41) is 14.0. The highest BCUT2D eigenvalue weighted by Crippen LogP contribution is 2.65. The maximum atomic E-state index is 12.5. The number of Topliss-reactive ketones (excluding diaryl/α,β-unsaturated/α-hetero) is 1. The maximum absolute atomic E-state index is 12.5. The van der Waals surface area contributed by atoms with E-state index < -0.39 is 0 Å². The molecule has 0 radical (unpaired) electrons. The van der Waals surface area contributed by atoms with E-state index in [1.54, 1.807) is 0 Å². The highest BCUT2D eigenvalue weighted by atomic mass is 16.3. The van der Waals surface area contributed by atoms with Crippen LogP contribution in [-0.2, 0) is 4.79 Å². The Labute approximate surface area is 140 Å². The Bertz CT molecular complexity index is 506. The number of nitrogens with one attached hydrogen (secondary N) is 1.